The number of hydrogen-bond acceptors (Lipinski definition) is 4. The van der Waals surface area contributed by atoms with E-state index in [2.05, 4.69) is 10.3 Å². The quantitative estimate of drug-likeness (QED) is 0.814. The summed E-state index contributed by atoms with van der Waals surface area (Å²) in [6, 6.07) is 3.10. The van der Waals surface area contributed by atoms with Crippen molar-refractivity contribution in [1.29, 1.82) is 0 Å². The molecule has 1 unspecified atom stereocenters. The summed E-state index contributed by atoms with van der Waals surface area (Å²) in [5.74, 6) is 0.309. The van der Waals surface area contributed by atoms with Crippen molar-refractivity contribution in [3.05, 3.63) is 23.9 Å². The average Bonchev–Trinajstić information content (AvgIpc) is 2.36. The Morgan fingerprint density at radius 1 is 1.50 bits per heavy atom. The number of ether oxygens (including phenoxy) is 1. The molecule has 0 spiro atoms. The van der Waals surface area contributed by atoms with Crippen molar-refractivity contribution in [2.75, 3.05) is 13.7 Å². The number of rotatable bonds is 3. The van der Waals surface area contributed by atoms with Crippen LogP contribution in [0.15, 0.2) is 18.3 Å². The summed E-state index contributed by atoms with van der Waals surface area (Å²) in [5.41, 5.74) is 0.867. The zero-order valence-electron chi connectivity index (χ0n) is 10.3. The Morgan fingerprint density at radius 3 is 2.89 bits per heavy atom. The molecule has 2 heterocycles. The Kier molecular flexibility index (Phi) is 3.45. The van der Waals surface area contributed by atoms with Gasteiger partial charge >= 0.3 is 0 Å². The second-order valence-electron chi connectivity index (χ2n) is 4.19. The summed E-state index contributed by atoms with van der Waals surface area (Å²) in [6.45, 7) is 2.15. The molecule has 1 aliphatic heterocycles. The van der Waals surface area contributed by atoms with Gasteiger partial charge in [-0.25, -0.2) is 4.98 Å². The first kappa shape index (κ1) is 12.3. The van der Waals surface area contributed by atoms with E-state index < -0.39 is 6.04 Å². The third-order valence-corrected chi connectivity index (χ3v) is 2.77. The van der Waals surface area contributed by atoms with E-state index in [0.717, 1.165) is 5.56 Å². The van der Waals surface area contributed by atoms with Crippen molar-refractivity contribution in [2.45, 2.75) is 19.5 Å². The Labute approximate surface area is 105 Å². The van der Waals surface area contributed by atoms with Gasteiger partial charge in [0.15, 0.2) is 0 Å². The zero-order chi connectivity index (χ0) is 13.1. The lowest BCUT2D eigenvalue weighted by atomic mass is 10.2. The van der Waals surface area contributed by atoms with Gasteiger partial charge < -0.3 is 15.0 Å². The Bertz CT molecular complexity index is 458. The van der Waals surface area contributed by atoms with Gasteiger partial charge in [-0.1, -0.05) is 6.07 Å². The summed E-state index contributed by atoms with van der Waals surface area (Å²) in [7, 11) is 1.54. The summed E-state index contributed by atoms with van der Waals surface area (Å²) in [6.07, 6.45) is 1.64. The average molecular weight is 249 g/mol. The van der Waals surface area contributed by atoms with Crippen LogP contribution in [0.25, 0.3) is 0 Å². The van der Waals surface area contributed by atoms with Gasteiger partial charge in [-0.15, -0.1) is 0 Å². The predicted octanol–water partition coefficient (Wildman–Crippen LogP) is -0.0629. The molecule has 1 aromatic heterocycles. The highest BCUT2D eigenvalue weighted by Crippen LogP contribution is 2.11. The first-order valence-corrected chi connectivity index (χ1v) is 5.67. The molecule has 1 fully saturated rings. The molecule has 96 valence electrons. The number of methoxy groups -OCH3 is 1. The number of nitrogens with one attached hydrogen (secondary N) is 1. The van der Waals surface area contributed by atoms with Gasteiger partial charge in [0.2, 0.25) is 17.7 Å². The van der Waals surface area contributed by atoms with Crippen LogP contribution in [0.5, 0.6) is 5.88 Å². The van der Waals surface area contributed by atoms with E-state index in [-0.39, 0.29) is 18.4 Å². The maximum Gasteiger partial charge on any atom is 0.245 e. The topological polar surface area (TPSA) is 71.5 Å². The molecule has 1 aromatic rings. The maximum absolute atomic E-state index is 11.9. The summed E-state index contributed by atoms with van der Waals surface area (Å²) in [5, 5.41) is 2.60. The lowest BCUT2D eigenvalue weighted by Gasteiger charge is -2.30. The third kappa shape index (κ3) is 2.58. The van der Waals surface area contributed by atoms with E-state index in [1.54, 1.807) is 26.3 Å². The van der Waals surface area contributed by atoms with Crippen LogP contribution in [0.1, 0.15) is 12.5 Å². The number of carbonyl (C=O) groups excluding carboxylic acids is 2. The van der Waals surface area contributed by atoms with Gasteiger partial charge in [-0.3, -0.25) is 9.59 Å². The Hall–Kier alpha value is -2.11. The van der Waals surface area contributed by atoms with E-state index in [1.165, 1.54) is 4.90 Å². The first-order valence-electron chi connectivity index (χ1n) is 5.67. The van der Waals surface area contributed by atoms with Crippen molar-refractivity contribution in [1.82, 2.24) is 15.2 Å². The fraction of sp³-hybridized carbons (Fsp3) is 0.417. The van der Waals surface area contributed by atoms with Crippen LogP contribution in [-0.4, -0.2) is 41.4 Å². The molecule has 1 N–H and O–H groups in total. The van der Waals surface area contributed by atoms with E-state index in [4.69, 9.17) is 4.74 Å². The number of carbonyl (C=O) groups is 2. The zero-order valence-corrected chi connectivity index (χ0v) is 10.3. The van der Waals surface area contributed by atoms with Crippen LogP contribution in [0.4, 0.5) is 0 Å². The molecule has 0 bridgehead atoms. The van der Waals surface area contributed by atoms with Crippen molar-refractivity contribution < 1.29 is 14.3 Å². The summed E-state index contributed by atoms with van der Waals surface area (Å²) < 4.78 is 4.96. The first-order chi connectivity index (χ1) is 8.60. The third-order valence-electron chi connectivity index (χ3n) is 2.77. The molecule has 0 saturated carbocycles. The smallest absolute Gasteiger partial charge is 0.245 e. The van der Waals surface area contributed by atoms with Crippen molar-refractivity contribution in [2.24, 2.45) is 0 Å². The minimum Gasteiger partial charge on any atom is -0.481 e. The van der Waals surface area contributed by atoms with Crippen molar-refractivity contribution in [3.8, 4) is 5.88 Å². The molecular formula is C12H15N3O3. The highest BCUT2D eigenvalue weighted by atomic mass is 16.5. The molecule has 0 aliphatic carbocycles. The van der Waals surface area contributed by atoms with Crippen LogP contribution < -0.4 is 10.1 Å². The molecule has 0 radical (unpaired) electrons. The fourth-order valence-corrected chi connectivity index (χ4v) is 1.85. The minimum atomic E-state index is -0.461. The van der Waals surface area contributed by atoms with Crippen molar-refractivity contribution >= 4 is 11.8 Å². The highest BCUT2D eigenvalue weighted by molar-refractivity contribution is 5.94. The minimum absolute atomic E-state index is 0.0783. The second-order valence-corrected chi connectivity index (χ2v) is 4.19. The van der Waals surface area contributed by atoms with Gasteiger partial charge in [0, 0.05) is 18.8 Å². The molecule has 6 nitrogen and oxygen atoms in total. The SMILES string of the molecule is COc1ccc(CN2CC(=O)NC(C)C2=O)cn1. The second kappa shape index (κ2) is 5.03. The lowest BCUT2D eigenvalue weighted by Crippen LogP contribution is -2.56. The number of pyridine rings is 1. The van der Waals surface area contributed by atoms with E-state index in [1.807, 2.05) is 6.07 Å². The maximum atomic E-state index is 11.9. The van der Waals surface area contributed by atoms with Gasteiger partial charge in [0.1, 0.15) is 6.04 Å². The number of hydrogen-bond donors (Lipinski definition) is 1. The fourth-order valence-electron chi connectivity index (χ4n) is 1.85. The molecule has 1 atom stereocenters. The normalized spacial score (nSPS) is 19.7. The van der Waals surface area contributed by atoms with E-state index >= 15 is 0 Å². The molecule has 1 aliphatic rings. The van der Waals surface area contributed by atoms with Gasteiger partial charge in [-0.2, -0.15) is 0 Å². The highest BCUT2D eigenvalue weighted by Gasteiger charge is 2.29. The van der Waals surface area contributed by atoms with Gasteiger partial charge in [0.05, 0.1) is 13.7 Å². The molecular weight excluding hydrogens is 234 g/mol. The van der Waals surface area contributed by atoms with E-state index in [0.29, 0.717) is 12.4 Å². The van der Waals surface area contributed by atoms with E-state index in [9.17, 15) is 9.59 Å². The number of aromatic nitrogens is 1. The molecule has 1 saturated heterocycles. The van der Waals surface area contributed by atoms with Crippen LogP contribution in [-0.2, 0) is 16.1 Å². The van der Waals surface area contributed by atoms with Crippen LogP contribution in [0.2, 0.25) is 0 Å². The van der Waals surface area contributed by atoms with Crippen LogP contribution in [0.3, 0.4) is 0 Å². The van der Waals surface area contributed by atoms with Gasteiger partial charge in [0.25, 0.3) is 0 Å². The predicted molar refractivity (Wildman–Crippen MR) is 63.8 cm³/mol. The summed E-state index contributed by atoms with van der Waals surface area (Å²) >= 11 is 0. The largest absolute Gasteiger partial charge is 0.481 e. The molecule has 2 rings (SSSR count). The molecule has 6 heteroatoms. The molecule has 18 heavy (non-hydrogen) atoms. The number of nitrogens with zero attached hydrogens (tertiary/aromatic N) is 2. The summed E-state index contributed by atoms with van der Waals surface area (Å²) in [4.78, 5) is 28.8. The Balaban J connectivity index is 2.07. The molecule has 0 aromatic carbocycles. The monoisotopic (exact) mass is 249 g/mol. The van der Waals surface area contributed by atoms with Crippen molar-refractivity contribution in [3.63, 3.8) is 0 Å². The molecule has 2 amide bonds. The standard InChI is InChI=1S/C12H15N3O3/c1-8-12(17)15(7-10(16)14-8)6-9-3-4-11(18-2)13-5-9/h3-5,8H,6-7H2,1-2H3,(H,14,16). The Morgan fingerprint density at radius 2 is 2.28 bits per heavy atom. The van der Waals surface area contributed by atoms with Crippen LogP contribution in [0, 0.1) is 0 Å². The van der Waals surface area contributed by atoms with Gasteiger partial charge in [-0.05, 0) is 12.5 Å². The number of amides is 2. The number of piperazine rings is 1. The van der Waals surface area contributed by atoms with Crippen LogP contribution >= 0.6 is 0 Å². The lowest BCUT2D eigenvalue weighted by molar-refractivity contribution is -0.144.